The summed E-state index contributed by atoms with van der Waals surface area (Å²) in [5, 5.41) is 8.62. The molecule has 5 aromatic rings. The maximum atomic E-state index is 14.1. The van der Waals surface area contributed by atoms with E-state index in [2.05, 4.69) is 16.0 Å². The first-order valence-corrected chi connectivity index (χ1v) is 12.7. The van der Waals surface area contributed by atoms with Gasteiger partial charge in [-0.3, -0.25) is 0 Å². The topological polar surface area (TPSA) is 64.3 Å². The largest absolute Gasteiger partial charge is 0.495 e. The maximum Gasteiger partial charge on any atom is 0.323 e. The molecule has 190 valence electrons. The number of hydrogen-bond acceptors (Lipinski definition) is 3. The lowest BCUT2D eigenvalue weighted by Gasteiger charge is -2.31. The maximum absolute atomic E-state index is 14.1. The molecule has 1 aliphatic rings. The summed E-state index contributed by atoms with van der Waals surface area (Å²) >= 11 is 6.24. The van der Waals surface area contributed by atoms with E-state index in [0.717, 1.165) is 34.0 Å². The summed E-state index contributed by atoms with van der Waals surface area (Å²) in [6.07, 6.45) is 2.03. The van der Waals surface area contributed by atoms with Crippen molar-refractivity contribution in [3.8, 4) is 17.3 Å². The predicted octanol–water partition coefficient (Wildman–Crippen LogP) is 6.77. The molecule has 0 saturated heterocycles. The van der Waals surface area contributed by atoms with E-state index in [9.17, 15) is 4.79 Å². The highest BCUT2D eigenvalue weighted by atomic mass is 35.5. The SMILES string of the molecule is COc1ccccc1NC(=O)N1Cc2c(C)nn(-c3ccccc3)c2-n2cccc2[C@@H]1c1ccc(Cl)cc1. The van der Waals surface area contributed by atoms with Crippen LogP contribution in [0.1, 0.15) is 28.6 Å². The zero-order chi connectivity index (χ0) is 26.2. The van der Waals surface area contributed by atoms with Gasteiger partial charge in [0.15, 0.2) is 0 Å². The Bertz CT molecular complexity index is 1610. The van der Waals surface area contributed by atoms with Gasteiger partial charge < -0.3 is 19.5 Å². The first kappa shape index (κ1) is 23.9. The Morgan fingerprint density at radius 2 is 1.71 bits per heavy atom. The molecular formula is C30H26ClN5O2. The number of nitrogens with zero attached hydrogens (tertiary/aromatic N) is 4. The molecule has 8 heteroatoms. The van der Waals surface area contributed by atoms with Crippen molar-refractivity contribution in [2.45, 2.75) is 19.5 Å². The summed E-state index contributed by atoms with van der Waals surface area (Å²) < 4.78 is 9.58. The highest BCUT2D eigenvalue weighted by Crippen LogP contribution is 2.39. The van der Waals surface area contributed by atoms with E-state index < -0.39 is 0 Å². The molecular weight excluding hydrogens is 498 g/mol. The second-order valence-corrected chi connectivity index (χ2v) is 9.59. The van der Waals surface area contributed by atoms with Crippen LogP contribution in [-0.2, 0) is 6.54 Å². The number of carbonyl (C=O) groups is 1. The number of ether oxygens (including phenoxy) is 1. The minimum absolute atomic E-state index is 0.248. The van der Waals surface area contributed by atoms with Crippen molar-refractivity contribution in [3.63, 3.8) is 0 Å². The summed E-state index contributed by atoms with van der Waals surface area (Å²) in [4.78, 5) is 15.9. The number of aromatic nitrogens is 3. The molecule has 0 radical (unpaired) electrons. The molecule has 0 saturated carbocycles. The summed E-state index contributed by atoms with van der Waals surface area (Å²) in [5.41, 5.74) is 5.27. The highest BCUT2D eigenvalue weighted by Gasteiger charge is 2.36. The van der Waals surface area contributed by atoms with Crippen molar-refractivity contribution in [1.29, 1.82) is 0 Å². The Labute approximate surface area is 225 Å². The lowest BCUT2D eigenvalue weighted by atomic mass is 10.0. The van der Waals surface area contributed by atoms with E-state index in [0.29, 0.717) is 23.0 Å². The van der Waals surface area contributed by atoms with Crippen molar-refractivity contribution in [3.05, 3.63) is 125 Å². The number of hydrogen-bond donors (Lipinski definition) is 1. The molecule has 1 N–H and O–H groups in total. The third-order valence-corrected chi connectivity index (χ3v) is 7.13. The Balaban J connectivity index is 1.53. The van der Waals surface area contributed by atoms with Crippen LogP contribution in [0.25, 0.3) is 11.5 Å². The average Bonchev–Trinajstić information content (AvgIpc) is 3.50. The van der Waals surface area contributed by atoms with Gasteiger partial charge in [0, 0.05) is 16.8 Å². The van der Waals surface area contributed by atoms with Gasteiger partial charge in [0.2, 0.25) is 0 Å². The zero-order valence-corrected chi connectivity index (χ0v) is 21.8. The summed E-state index contributed by atoms with van der Waals surface area (Å²) in [6.45, 7) is 2.34. The van der Waals surface area contributed by atoms with E-state index in [4.69, 9.17) is 21.4 Å². The lowest BCUT2D eigenvalue weighted by molar-refractivity contribution is 0.194. The average molecular weight is 524 g/mol. The fraction of sp³-hybridized carbons (Fsp3) is 0.133. The molecule has 0 fully saturated rings. The fourth-order valence-electron chi connectivity index (χ4n) is 5.08. The second kappa shape index (κ2) is 9.76. The number of rotatable bonds is 4. The van der Waals surface area contributed by atoms with Crippen LogP contribution in [-0.4, -0.2) is 32.4 Å². The van der Waals surface area contributed by atoms with Crippen molar-refractivity contribution in [1.82, 2.24) is 19.2 Å². The molecule has 38 heavy (non-hydrogen) atoms. The van der Waals surface area contributed by atoms with Gasteiger partial charge in [-0.2, -0.15) is 5.10 Å². The Morgan fingerprint density at radius 3 is 2.47 bits per heavy atom. The van der Waals surface area contributed by atoms with Crippen LogP contribution in [0.2, 0.25) is 5.02 Å². The van der Waals surface area contributed by atoms with Gasteiger partial charge in [-0.1, -0.05) is 54.1 Å². The molecule has 7 nitrogen and oxygen atoms in total. The summed E-state index contributed by atoms with van der Waals surface area (Å²) in [7, 11) is 1.59. The number of aryl methyl sites for hydroxylation is 1. The van der Waals surface area contributed by atoms with Gasteiger partial charge in [-0.25, -0.2) is 9.48 Å². The third kappa shape index (κ3) is 4.11. The minimum atomic E-state index is -0.381. The number of para-hydroxylation sites is 3. The van der Waals surface area contributed by atoms with Crippen molar-refractivity contribution >= 4 is 23.3 Å². The van der Waals surface area contributed by atoms with E-state index in [1.54, 1.807) is 7.11 Å². The highest BCUT2D eigenvalue weighted by molar-refractivity contribution is 6.30. The van der Waals surface area contributed by atoms with Gasteiger partial charge in [0.05, 0.1) is 42.5 Å². The number of anilines is 1. The molecule has 2 amide bonds. The van der Waals surface area contributed by atoms with Crippen LogP contribution in [0.4, 0.5) is 10.5 Å². The van der Waals surface area contributed by atoms with Gasteiger partial charge in [-0.05, 0) is 61.0 Å². The van der Waals surface area contributed by atoms with E-state index in [-0.39, 0.29) is 12.1 Å². The number of carbonyl (C=O) groups excluding carboxylic acids is 1. The van der Waals surface area contributed by atoms with Crippen LogP contribution in [0, 0.1) is 6.92 Å². The number of nitrogens with one attached hydrogen (secondary N) is 1. The smallest absolute Gasteiger partial charge is 0.323 e. The second-order valence-electron chi connectivity index (χ2n) is 9.15. The zero-order valence-electron chi connectivity index (χ0n) is 21.0. The molecule has 6 rings (SSSR count). The van der Waals surface area contributed by atoms with Gasteiger partial charge in [0.1, 0.15) is 11.6 Å². The van der Waals surface area contributed by atoms with E-state index in [1.165, 1.54) is 0 Å². The van der Waals surface area contributed by atoms with Crippen molar-refractivity contribution < 1.29 is 9.53 Å². The number of halogens is 1. The number of urea groups is 1. The van der Waals surface area contributed by atoms with Gasteiger partial charge in [0.25, 0.3) is 0 Å². The van der Waals surface area contributed by atoms with Crippen molar-refractivity contribution in [2.24, 2.45) is 0 Å². The number of benzene rings is 3. The van der Waals surface area contributed by atoms with Gasteiger partial charge in [-0.15, -0.1) is 0 Å². The molecule has 1 atom stereocenters. The van der Waals surface area contributed by atoms with E-state index >= 15 is 0 Å². The Kier molecular flexibility index (Phi) is 6.13. The molecule has 3 heterocycles. The first-order chi connectivity index (χ1) is 18.5. The number of fused-ring (bicyclic) bond motifs is 3. The fourth-order valence-corrected chi connectivity index (χ4v) is 5.21. The number of methoxy groups -OCH3 is 1. The van der Waals surface area contributed by atoms with Crippen LogP contribution in [0.15, 0.2) is 97.2 Å². The molecule has 0 bridgehead atoms. The summed E-state index contributed by atoms with van der Waals surface area (Å²) in [5.74, 6) is 1.51. The Hall–Kier alpha value is -4.49. The molecule has 0 aliphatic carbocycles. The van der Waals surface area contributed by atoms with E-state index in [1.807, 2.05) is 108 Å². The molecule has 0 unspecified atom stereocenters. The van der Waals surface area contributed by atoms with Crippen LogP contribution < -0.4 is 10.1 Å². The first-order valence-electron chi connectivity index (χ1n) is 12.3. The third-order valence-electron chi connectivity index (χ3n) is 6.88. The molecule has 2 aromatic heterocycles. The van der Waals surface area contributed by atoms with Crippen LogP contribution in [0.3, 0.4) is 0 Å². The minimum Gasteiger partial charge on any atom is -0.495 e. The van der Waals surface area contributed by atoms with Gasteiger partial charge >= 0.3 is 6.03 Å². The van der Waals surface area contributed by atoms with Crippen molar-refractivity contribution in [2.75, 3.05) is 12.4 Å². The Morgan fingerprint density at radius 1 is 0.974 bits per heavy atom. The number of amides is 2. The normalized spacial score (nSPS) is 14.4. The molecule has 3 aromatic carbocycles. The standard InChI is InChI=1S/C30H26ClN5O2/c1-20-24-19-35(30(37)32-25-11-6-7-13-27(25)38-2)28(21-14-16-22(31)17-15-21)26-12-8-18-34(26)29(24)36(33-20)23-9-4-3-5-10-23/h3-18,28H,19H2,1-2H3,(H,32,37)/t28-/m0/s1. The summed E-state index contributed by atoms with van der Waals surface area (Å²) in [6, 6.07) is 28.5. The lowest BCUT2D eigenvalue weighted by Crippen LogP contribution is -2.38. The van der Waals surface area contributed by atoms with Crippen LogP contribution in [0.5, 0.6) is 5.75 Å². The van der Waals surface area contributed by atoms with Crippen LogP contribution >= 0.6 is 11.6 Å². The molecule has 0 spiro atoms. The monoisotopic (exact) mass is 523 g/mol. The quantitative estimate of drug-likeness (QED) is 0.283. The molecule has 1 aliphatic heterocycles. The predicted molar refractivity (Wildman–Crippen MR) is 148 cm³/mol.